The summed E-state index contributed by atoms with van der Waals surface area (Å²) in [4.78, 5) is 0.214. The van der Waals surface area contributed by atoms with E-state index in [-0.39, 0.29) is 4.90 Å². The topological polar surface area (TPSA) is 87.2 Å². The van der Waals surface area contributed by atoms with Crippen LogP contribution in [0.5, 0.6) is 5.75 Å². The van der Waals surface area contributed by atoms with E-state index in [0.29, 0.717) is 22.7 Å². The number of hydrogen-bond donors (Lipinski definition) is 1. The molecule has 7 heteroatoms. The summed E-state index contributed by atoms with van der Waals surface area (Å²) in [5.41, 5.74) is 7.16. The summed E-state index contributed by atoms with van der Waals surface area (Å²) in [5.74, 6) is 0.996. The van der Waals surface area contributed by atoms with Crippen LogP contribution in [0.25, 0.3) is 11.1 Å². The number of nitrogen functional groups attached to an aromatic ring is 1. The molecule has 2 N–H and O–H groups in total. The molecule has 1 aromatic carbocycles. The first-order valence-corrected chi connectivity index (χ1v) is 7.39. The van der Waals surface area contributed by atoms with E-state index in [9.17, 15) is 8.42 Å². The van der Waals surface area contributed by atoms with E-state index in [4.69, 9.17) is 10.5 Å². The Morgan fingerprint density at radius 2 is 2.00 bits per heavy atom. The van der Waals surface area contributed by atoms with Gasteiger partial charge in [-0.25, -0.2) is 8.42 Å². The quantitative estimate of drug-likeness (QED) is 0.909. The summed E-state index contributed by atoms with van der Waals surface area (Å²) >= 11 is 0. The molecule has 1 aromatic heterocycles. The van der Waals surface area contributed by atoms with Crippen LogP contribution in [-0.2, 0) is 16.9 Å². The molecule has 19 heavy (non-hydrogen) atoms. The summed E-state index contributed by atoms with van der Waals surface area (Å²) in [6.45, 7) is 0. The maximum absolute atomic E-state index is 11.6. The first-order valence-electron chi connectivity index (χ1n) is 5.50. The van der Waals surface area contributed by atoms with Crippen molar-refractivity contribution in [3.63, 3.8) is 0 Å². The van der Waals surface area contributed by atoms with Crippen molar-refractivity contribution in [3.05, 3.63) is 24.4 Å². The molecule has 0 saturated carbocycles. The average Bonchev–Trinajstić information content (AvgIpc) is 2.68. The van der Waals surface area contributed by atoms with Crippen molar-refractivity contribution < 1.29 is 13.2 Å². The highest BCUT2D eigenvalue weighted by Gasteiger charge is 2.16. The summed E-state index contributed by atoms with van der Waals surface area (Å²) < 4.78 is 30.0. The molecule has 0 amide bonds. The molecule has 0 spiro atoms. The van der Waals surface area contributed by atoms with E-state index in [1.165, 1.54) is 17.9 Å². The van der Waals surface area contributed by atoms with Crippen LogP contribution >= 0.6 is 0 Å². The molecule has 1 heterocycles. The molecule has 0 aliphatic carbocycles. The molecule has 0 atom stereocenters. The zero-order valence-electron chi connectivity index (χ0n) is 10.9. The molecular formula is C12H15N3O3S. The molecule has 0 saturated heterocycles. The first-order chi connectivity index (χ1) is 8.84. The van der Waals surface area contributed by atoms with E-state index in [1.807, 2.05) is 0 Å². The lowest BCUT2D eigenvalue weighted by Crippen LogP contribution is -2.00. The van der Waals surface area contributed by atoms with Crippen molar-refractivity contribution in [2.75, 3.05) is 19.1 Å². The minimum absolute atomic E-state index is 0.214. The Kier molecular flexibility index (Phi) is 3.23. The Morgan fingerprint density at radius 3 is 2.47 bits per heavy atom. The van der Waals surface area contributed by atoms with Crippen LogP contribution < -0.4 is 10.5 Å². The summed E-state index contributed by atoms with van der Waals surface area (Å²) in [6.07, 6.45) is 2.74. The maximum Gasteiger partial charge on any atom is 0.175 e. The summed E-state index contributed by atoms with van der Waals surface area (Å²) in [7, 11) is -0.0546. The van der Waals surface area contributed by atoms with Crippen molar-refractivity contribution in [2.24, 2.45) is 7.05 Å². The summed E-state index contributed by atoms with van der Waals surface area (Å²) in [6, 6.07) is 4.66. The van der Waals surface area contributed by atoms with E-state index in [2.05, 4.69) is 5.10 Å². The van der Waals surface area contributed by atoms with Crippen LogP contribution in [0, 0.1) is 0 Å². The van der Waals surface area contributed by atoms with Gasteiger partial charge in [-0.15, -0.1) is 0 Å². The number of benzene rings is 1. The van der Waals surface area contributed by atoms with E-state index in [0.717, 1.165) is 6.26 Å². The van der Waals surface area contributed by atoms with Crippen molar-refractivity contribution in [3.8, 4) is 16.9 Å². The number of nitrogens with zero attached hydrogens (tertiary/aromatic N) is 2. The zero-order chi connectivity index (χ0) is 14.2. The maximum atomic E-state index is 11.6. The van der Waals surface area contributed by atoms with Crippen molar-refractivity contribution >= 4 is 15.7 Å². The fraction of sp³-hybridized carbons (Fsp3) is 0.250. The zero-order valence-corrected chi connectivity index (χ0v) is 11.7. The number of ether oxygens (including phenoxy) is 1. The lowest BCUT2D eigenvalue weighted by molar-refractivity contribution is 0.416. The second-order valence-corrected chi connectivity index (χ2v) is 6.22. The number of hydrogen-bond acceptors (Lipinski definition) is 5. The fourth-order valence-corrected chi connectivity index (χ4v) is 2.43. The number of aryl methyl sites for hydroxylation is 1. The van der Waals surface area contributed by atoms with Gasteiger partial charge in [-0.2, -0.15) is 5.10 Å². The number of aromatic nitrogens is 2. The SMILES string of the molecule is COc1ccc(S(C)(=O)=O)cc1-c1cnn(C)c1N. The lowest BCUT2D eigenvalue weighted by Gasteiger charge is -2.09. The van der Waals surface area contributed by atoms with Gasteiger partial charge in [0.25, 0.3) is 0 Å². The molecule has 2 aromatic rings. The molecule has 0 radical (unpaired) electrons. The smallest absolute Gasteiger partial charge is 0.175 e. The Labute approximate surface area is 111 Å². The normalized spacial score (nSPS) is 11.5. The third kappa shape index (κ3) is 2.41. The molecule has 0 aliphatic heterocycles. The third-order valence-corrected chi connectivity index (χ3v) is 3.98. The predicted molar refractivity (Wildman–Crippen MR) is 72.7 cm³/mol. The first kappa shape index (κ1) is 13.4. The van der Waals surface area contributed by atoms with Crippen LogP contribution in [-0.4, -0.2) is 31.6 Å². The molecule has 0 fully saturated rings. The molecule has 102 valence electrons. The molecule has 0 unspecified atom stereocenters. The second kappa shape index (κ2) is 4.58. The van der Waals surface area contributed by atoms with Crippen LogP contribution in [0.2, 0.25) is 0 Å². The fourth-order valence-electron chi connectivity index (χ4n) is 1.78. The standard InChI is InChI=1S/C12H15N3O3S/c1-15-12(13)10(7-14-15)9-6-8(19(3,16)17)4-5-11(9)18-2/h4-7H,13H2,1-3H3. The minimum Gasteiger partial charge on any atom is -0.496 e. The molecule has 0 aliphatic rings. The van der Waals surface area contributed by atoms with Gasteiger partial charge in [-0.3, -0.25) is 4.68 Å². The van der Waals surface area contributed by atoms with Crippen molar-refractivity contribution in [1.82, 2.24) is 9.78 Å². The molecule has 6 nitrogen and oxygen atoms in total. The van der Waals surface area contributed by atoms with Gasteiger partial charge < -0.3 is 10.5 Å². The van der Waals surface area contributed by atoms with Gasteiger partial charge in [0.2, 0.25) is 0 Å². The van der Waals surface area contributed by atoms with Gasteiger partial charge in [-0.1, -0.05) is 0 Å². The largest absolute Gasteiger partial charge is 0.496 e. The Bertz CT molecular complexity index is 720. The third-order valence-electron chi connectivity index (χ3n) is 2.87. The molecular weight excluding hydrogens is 266 g/mol. The Morgan fingerprint density at radius 1 is 1.32 bits per heavy atom. The number of sulfone groups is 1. The van der Waals surface area contributed by atoms with Crippen LogP contribution in [0.1, 0.15) is 0 Å². The monoisotopic (exact) mass is 281 g/mol. The van der Waals surface area contributed by atoms with E-state index >= 15 is 0 Å². The number of anilines is 1. The van der Waals surface area contributed by atoms with Gasteiger partial charge in [-0.05, 0) is 18.2 Å². The van der Waals surface area contributed by atoms with Crippen LogP contribution in [0.4, 0.5) is 5.82 Å². The average molecular weight is 281 g/mol. The lowest BCUT2D eigenvalue weighted by atomic mass is 10.1. The van der Waals surface area contributed by atoms with E-state index < -0.39 is 9.84 Å². The minimum atomic E-state index is -3.29. The number of nitrogens with two attached hydrogens (primary N) is 1. The predicted octanol–water partition coefficient (Wildman–Crippen LogP) is 1.08. The van der Waals surface area contributed by atoms with Gasteiger partial charge in [0.05, 0.1) is 18.2 Å². The highest BCUT2D eigenvalue weighted by Crippen LogP contribution is 2.35. The number of methoxy groups -OCH3 is 1. The van der Waals surface area contributed by atoms with Gasteiger partial charge >= 0.3 is 0 Å². The van der Waals surface area contributed by atoms with E-state index in [1.54, 1.807) is 25.4 Å². The second-order valence-electron chi connectivity index (χ2n) is 4.20. The molecule has 0 bridgehead atoms. The molecule has 2 rings (SSSR count). The van der Waals surface area contributed by atoms with Crippen LogP contribution in [0.15, 0.2) is 29.3 Å². The van der Waals surface area contributed by atoms with Crippen LogP contribution in [0.3, 0.4) is 0 Å². The van der Waals surface area contributed by atoms with Gasteiger partial charge in [0.15, 0.2) is 9.84 Å². The Hall–Kier alpha value is -2.02. The van der Waals surface area contributed by atoms with Gasteiger partial charge in [0, 0.05) is 24.4 Å². The van der Waals surface area contributed by atoms with Crippen molar-refractivity contribution in [2.45, 2.75) is 4.90 Å². The van der Waals surface area contributed by atoms with Gasteiger partial charge in [0.1, 0.15) is 11.6 Å². The van der Waals surface area contributed by atoms with Crippen molar-refractivity contribution in [1.29, 1.82) is 0 Å². The summed E-state index contributed by atoms with van der Waals surface area (Å²) in [5, 5.41) is 4.05. The number of rotatable bonds is 3. The Balaban J connectivity index is 2.70. The highest BCUT2D eigenvalue weighted by molar-refractivity contribution is 7.90. The highest BCUT2D eigenvalue weighted by atomic mass is 32.2.